The molecule has 2 aliphatic rings. The van der Waals surface area contributed by atoms with Crippen LogP contribution in [0.4, 0.5) is 0 Å². The summed E-state index contributed by atoms with van der Waals surface area (Å²) < 4.78 is 14.8. The quantitative estimate of drug-likeness (QED) is 0.137. The average Bonchev–Trinajstić information content (AvgIpc) is 3.52. The summed E-state index contributed by atoms with van der Waals surface area (Å²) in [6.07, 6.45) is 5.56. The molecule has 0 radical (unpaired) electrons. The van der Waals surface area contributed by atoms with Crippen LogP contribution in [0.1, 0.15) is 48.1 Å². The third-order valence-corrected chi connectivity index (χ3v) is 11.1. The van der Waals surface area contributed by atoms with Crippen LogP contribution in [0.2, 0.25) is 5.02 Å². The summed E-state index contributed by atoms with van der Waals surface area (Å²) in [5.41, 5.74) is 3.51. The van der Waals surface area contributed by atoms with E-state index in [0.717, 1.165) is 60.5 Å². The van der Waals surface area contributed by atoms with E-state index in [4.69, 9.17) is 20.5 Å². The second-order valence-corrected chi connectivity index (χ2v) is 14.7. The first-order chi connectivity index (χ1) is 21.0. The van der Waals surface area contributed by atoms with Crippen molar-refractivity contribution in [2.45, 2.75) is 41.2 Å². The van der Waals surface area contributed by atoms with E-state index in [1.807, 2.05) is 30.3 Å². The van der Waals surface area contributed by atoms with E-state index in [-0.39, 0.29) is 5.41 Å². The summed E-state index contributed by atoms with van der Waals surface area (Å²) in [6.45, 7) is 4.15. The molecule has 2 fully saturated rings. The number of nitrogens with zero attached hydrogens (tertiary/aromatic N) is 5. The molecule has 0 amide bonds. The molecule has 1 aliphatic carbocycles. The van der Waals surface area contributed by atoms with E-state index >= 15 is 0 Å². The normalized spacial score (nSPS) is 21.0. The van der Waals surface area contributed by atoms with E-state index in [2.05, 4.69) is 74.1 Å². The Kier molecular flexibility index (Phi) is 8.42. The monoisotopic (exact) mass is 631 g/mol. The highest BCUT2D eigenvalue weighted by atomic mass is 35.5. The zero-order valence-corrected chi connectivity index (χ0v) is 26.5. The van der Waals surface area contributed by atoms with Gasteiger partial charge in [-0.3, -0.25) is 0 Å². The number of hydrogen-bond donors (Lipinski definition) is 0. The highest BCUT2D eigenvalue weighted by molar-refractivity contribution is 7.99. The van der Waals surface area contributed by atoms with Crippen molar-refractivity contribution in [3.63, 3.8) is 0 Å². The molecule has 1 saturated heterocycles. The van der Waals surface area contributed by atoms with Crippen LogP contribution in [0, 0.1) is 5.92 Å². The van der Waals surface area contributed by atoms with E-state index in [1.165, 1.54) is 21.8 Å². The minimum Gasteiger partial charge on any atom is -0.425 e. The molecule has 43 heavy (non-hydrogen) atoms. The summed E-state index contributed by atoms with van der Waals surface area (Å²) in [7, 11) is 2.20. The maximum absolute atomic E-state index is 6.50. The number of benzene rings is 2. The minimum absolute atomic E-state index is 0.0918. The lowest BCUT2D eigenvalue weighted by atomic mass is 9.92. The molecule has 0 bridgehead atoms. The molecule has 1 unspecified atom stereocenters. The Hall–Kier alpha value is -2.95. The van der Waals surface area contributed by atoms with Crippen molar-refractivity contribution in [1.82, 2.24) is 24.6 Å². The van der Waals surface area contributed by atoms with Crippen molar-refractivity contribution in [1.29, 1.82) is 0 Å². The third kappa shape index (κ3) is 6.61. The van der Waals surface area contributed by atoms with Gasteiger partial charge in [0, 0.05) is 35.5 Å². The van der Waals surface area contributed by atoms with Gasteiger partial charge in [-0.25, -0.2) is 4.31 Å². The SMILES string of the molecule is CN(C[C@@]1(c2cccc(Cl)c2)CC1CN1CCC(c2nnc(Cc3ccccc3)o2)CC1)Sc1ccc(-c2ccon2)s1. The van der Waals surface area contributed by atoms with Gasteiger partial charge in [0.15, 0.2) is 0 Å². The molecular formula is C33H34ClN5O2S2. The van der Waals surface area contributed by atoms with Gasteiger partial charge in [0.05, 0.1) is 15.5 Å². The van der Waals surface area contributed by atoms with Crippen LogP contribution in [0.25, 0.3) is 10.6 Å². The van der Waals surface area contributed by atoms with Gasteiger partial charge in [0.2, 0.25) is 11.8 Å². The first kappa shape index (κ1) is 28.8. The second kappa shape index (κ2) is 12.6. The van der Waals surface area contributed by atoms with E-state index in [1.54, 1.807) is 29.5 Å². The van der Waals surface area contributed by atoms with Crippen LogP contribution < -0.4 is 0 Å². The maximum atomic E-state index is 6.50. The first-order valence-corrected chi connectivity index (χ1v) is 16.8. The number of piperidine rings is 1. The molecule has 2 atom stereocenters. The van der Waals surface area contributed by atoms with Crippen molar-refractivity contribution in [2.75, 3.05) is 33.2 Å². The zero-order chi connectivity index (χ0) is 29.2. The minimum atomic E-state index is 0.0918. The van der Waals surface area contributed by atoms with Gasteiger partial charge < -0.3 is 13.8 Å². The van der Waals surface area contributed by atoms with Crippen LogP contribution in [0.5, 0.6) is 0 Å². The van der Waals surface area contributed by atoms with Gasteiger partial charge in [-0.2, -0.15) is 0 Å². The summed E-state index contributed by atoms with van der Waals surface area (Å²) in [5.74, 6) is 2.41. The van der Waals surface area contributed by atoms with E-state index < -0.39 is 0 Å². The molecular weight excluding hydrogens is 598 g/mol. The van der Waals surface area contributed by atoms with Crippen molar-refractivity contribution < 1.29 is 8.94 Å². The van der Waals surface area contributed by atoms with Gasteiger partial charge in [-0.15, -0.1) is 21.5 Å². The molecule has 10 heteroatoms. The van der Waals surface area contributed by atoms with Gasteiger partial charge in [0.1, 0.15) is 12.0 Å². The number of aromatic nitrogens is 3. The number of hydrogen-bond acceptors (Lipinski definition) is 9. The zero-order valence-electron chi connectivity index (χ0n) is 24.1. The molecule has 0 N–H and O–H groups in total. The van der Waals surface area contributed by atoms with E-state index in [0.29, 0.717) is 24.1 Å². The average molecular weight is 632 g/mol. The number of likely N-dealkylation sites (tertiary alicyclic amines) is 1. The van der Waals surface area contributed by atoms with Gasteiger partial charge >= 0.3 is 0 Å². The van der Waals surface area contributed by atoms with E-state index in [9.17, 15) is 0 Å². The third-order valence-electron chi connectivity index (χ3n) is 8.75. The molecule has 7 nitrogen and oxygen atoms in total. The molecule has 4 heterocycles. The van der Waals surface area contributed by atoms with Crippen molar-refractivity contribution in [2.24, 2.45) is 5.92 Å². The fourth-order valence-electron chi connectivity index (χ4n) is 6.43. The number of rotatable bonds is 11. The highest BCUT2D eigenvalue weighted by Crippen LogP contribution is 2.56. The Morgan fingerprint density at radius 3 is 2.70 bits per heavy atom. The molecule has 222 valence electrons. The number of likely N-dealkylation sites (N-methyl/N-ethyl adjacent to an activating group) is 1. The molecule has 0 spiro atoms. The Morgan fingerprint density at radius 1 is 1.05 bits per heavy atom. The summed E-state index contributed by atoms with van der Waals surface area (Å²) in [5, 5.41) is 13.7. The van der Waals surface area contributed by atoms with Crippen LogP contribution in [-0.4, -0.2) is 57.8 Å². The van der Waals surface area contributed by atoms with Gasteiger partial charge in [0.25, 0.3) is 0 Å². The van der Waals surface area contributed by atoms with Crippen LogP contribution >= 0.6 is 34.9 Å². The largest absolute Gasteiger partial charge is 0.425 e. The maximum Gasteiger partial charge on any atom is 0.220 e. The van der Waals surface area contributed by atoms with Gasteiger partial charge in [-0.05, 0) is 92.7 Å². The molecule has 7 rings (SSSR count). The molecule has 1 aliphatic heterocycles. The molecule has 5 aromatic rings. The van der Waals surface area contributed by atoms with Crippen LogP contribution in [-0.2, 0) is 11.8 Å². The molecule has 1 saturated carbocycles. The Morgan fingerprint density at radius 2 is 1.91 bits per heavy atom. The summed E-state index contributed by atoms with van der Waals surface area (Å²) >= 11 is 10.0. The predicted molar refractivity (Wildman–Crippen MR) is 172 cm³/mol. The van der Waals surface area contributed by atoms with Crippen molar-refractivity contribution in [3.8, 4) is 10.6 Å². The Balaban J connectivity index is 0.969. The van der Waals surface area contributed by atoms with Crippen LogP contribution in [0.15, 0.2) is 92.2 Å². The number of halogens is 1. The fraction of sp³-hybridized carbons (Fsp3) is 0.364. The smallest absolute Gasteiger partial charge is 0.220 e. The van der Waals surface area contributed by atoms with Gasteiger partial charge in [-0.1, -0.05) is 59.2 Å². The summed E-state index contributed by atoms with van der Waals surface area (Å²) in [4.78, 5) is 3.75. The Bertz CT molecular complexity index is 1630. The lowest BCUT2D eigenvalue weighted by molar-refractivity contribution is 0.186. The predicted octanol–water partition coefficient (Wildman–Crippen LogP) is 7.81. The lowest BCUT2D eigenvalue weighted by Gasteiger charge is -2.32. The van der Waals surface area contributed by atoms with Crippen LogP contribution in [0.3, 0.4) is 0 Å². The topological polar surface area (TPSA) is 71.4 Å². The first-order valence-electron chi connectivity index (χ1n) is 14.8. The fourth-order valence-corrected chi connectivity index (χ4v) is 8.85. The van der Waals surface area contributed by atoms with Crippen molar-refractivity contribution in [3.05, 3.63) is 107 Å². The standard InChI is InChI=1S/C33H34ClN5O2S2/c1-38(43-31-11-10-29(42-31)28-14-17-40-37-28)22-33(25-8-5-9-27(34)19-25)20-26(33)21-39-15-12-24(13-16-39)32-36-35-30(41-32)18-23-6-3-2-4-7-23/h2-11,14,17,19,24,26H,12-13,15-16,18,20-22H2,1H3/t26?,33-/m1/s1. The number of thiophene rings is 1. The Labute approximate surface area is 265 Å². The lowest BCUT2D eigenvalue weighted by Crippen LogP contribution is -2.37. The van der Waals surface area contributed by atoms with Crippen molar-refractivity contribution >= 4 is 34.9 Å². The molecule has 2 aromatic carbocycles. The highest BCUT2D eigenvalue weighted by Gasteiger charge is 2.56. The summed E-state index contributed by atoms with van der Waals surface area (Å²) in [6, 6.07) is 25.0. The molecule has 3 aromatic heterocycles. The second-order valence-electron chi connectivity index (χ2n) is 11.7.